The first kappa shape index (κ1) is 19.0. The maximum atomic E-state index is 12.6. The first-order chi connectivity index (χ1) is 12.5. The van der Waals surface area contributed by atoms with Gasteiger partial charge in [-0.05, 0) is 49.4 Å². The van der Waals surface area contributed by atoms with Gasteiger partial charge in [0.05, 0.1) is 17.3 Å². The van der Waals surface area contributed by atoms with Crippen molar-refractivity contribution in [1.82, 2.24) is 0 Å². The third-order valence-corrected chi connectivity index (χ3v) is 3.63. The zero-order valence-corrected chi connectivity index (χ0v) is 14.7. The number of ketones is 1. The predicted molar refractivity (Wildman–Crippen MR) is 101 cm³/mol. The molecular formula is C18H16ClN5O2. The molecule has 2 aromatic rings. The molecule has 0 radical (unpaired) electrons. The van der Waals surface area contributed by atoms with Crippen LogP contribution in [0, 0.1) is 16.7 Å². The first-order valence-electron chi connectivity index (χ1n) is 7.61. The van der Waals surface area contributed by atoms with E-state index in [1.165, 1.54) is 6.07 Å². The van der Waals surface area contributed by atoms with Gasteiger partial charge < -0.3 is 10.5 Å². The molecule has 0 aliphatic carbocycles. The highest BCUT2D eigenvalue weighted by Crippen LogP contribution is 2.25. The second-order valence-corrected chi connectivity index (χ2v) is 5.49. The van der Waals surface area contributed by atoms with Crippen molar-refractivity contribution in [2.45, 2.75) is 6.92 Å². The van der Waals surface area contributed by atoms with Crippen LogP contribution >= 0.6 is 11.6 Å². The van der Waals surface area contributed by atoms with Crippen LogP contribution in [-0.2, 0) is 0 Å². The van der Waals surface area contributed by atoms with E-state index < -0.39 is 5.84 Å². The molecule has 0 heterocycles. The second-order valence-electron chi connectivity index (χ2n) is 5.08. The number of nitrogens with zero attached hydrogens (tertiary/aromatic N) is 2. The van der Waals surface area contributed by atoms with Crippen LogP contribution < -0.4 is 15.9 Å². The molecule has 2 aromatic carbocycles. The van der Waals surface area contributed by atoms with Crippen molar-refractivity contribution in [3.63, 3.8) is 0 Å². The molecule has 2 rings (SSSR count). The second kappa shape index (κ2) is 8.65. The lowest BCUT2D eigenvalue weighted by Gasteiger charge is -2.08. The molecule has 8 heteroatoms. The van der Waals surface area contributed by atoms with Crippen LogP contribution in [-0.4, -0.2) is 23.9 Å². The SMILES string of the molecule is CCOc1ccc(C(=O)c2ccc(Cl)c(N/N=C(\C#N)C(=N)N)c2)cc1. The largest absolute Gasteiger partial charge is 0.494 e. The molecule has 132 valence electrons. The van der Waals surface area contributed by atoms with Gasteiger partial charge >= 0.3 is 0 Å². The number of rotatable bonds is 7. The summed E-state index contributed by atoms with van der Waals surface area (Å²) in [5.74, 6) is 0.00618. The number of nitriles is 1. The molecule has 0 spiro atoms. The van der Waals surface area contributed by atoms with Gasteiger partial charge in [0, 0.05) is 11.1 Å². The molecule has 0 amide bonds. The standard InChI is InChI=1S/C18H16ClN5O2/c1-2-26-13-6-3-11(4-7-13)17(25)12-5-8-14(19)15(9-12)23-24-16(10-20)18(21)22/h3-9,23H,2H2,1H3,(H3,21,22)/b24-16+. The third-order valence-electron chi connectivity index (χ3n) is 3.31. The number of nitrogens with one attached hydrogen (secondary N) is 2. The highest BCUT2D eigenvalue weighted by atomic mass is 35.5. The Hall–Kier alpha value is -3.37. The number of hydrogen-bond donors (Lipinski definition) is 3. The normalized spacial score (nSPS) is 10.7. The molecule has 0 fully saturated rings. The van der Waals surface area contributed by atoms with E-state index in [1.807, 2.05) is 6.92 Å². The summed E-state index contributed by atoms with van der Waals surface area (Å²) < 4.78 is 5.36. The topological polar surface area (TPSA) is 124 Å². The van der Waals surface area contributed by atoms with E-state index in [1.54, 1.807) is 42.5 Å². The number of amidine groups is 1. The van der Waals surface area contributed by atoms with Crippen LogP contribution in [0.2, 0.25) is 5.02 Å². The summed E-state index contributed by atoms with van der Waals surface area (Å²) in [6.45, 7) is 2.43. The molecule has 0 atom stereocenters. The van der Waals surface area contributed by atoms with Crippen molar-refractivity contribution in [2.24, 2.45) is 10.8 Å². The van der Waals surface area contributed by atoms with Crippen molar-refractivity contribution in [3.8, 4) is 11.8 Å². The van der Waals surface area contributed by atoms with E-state index in [-0.39, 0.29) is 11.5 Å². The number of carbonyl (C=O) groups is 1. The number of benzene rings is 2. The Morgan fingerprint density at radius 1 is 1.31 bits per heavy atom. The van der Waals surface area contributed by atoms with Crippen LogP contribution in [0.1, 0.15) is 22.8 Å². The lowest BCUT2D eigenvalue weighted by Crippen LogP contribution is -2.21. The predicted octanol–water partition coefficient (Wildman–Crippen LogP) is 3.20. The summed E-state index contributed by atoms with van der Waals surface area (Å²) in [4.78, 5) is 12.6. The number of carbonyl (C=O) groups excluding carboxylic acids is 1. The maximum Gasteiger partial charge on any atom is 0.201 e. The fourth-order valence-corrected chi connectivity index (χ4v) is 2.21. The van der Waals surface area contributed by atoms with Gasteiger partial charge in [0.15, 0.2) is 11.6 Å². The highest BCUT2D eigenvalue weighted by molar-refractivity contribution is 6.46. The molecule has 7 nitrogen and oxygen atoms in total. The van der Waals surface area contributed by atoms with Crippen LogP contribution in [0.4, 0.5) is 5.69 Å². The minimum atomic E-state index is -0.474. The van der Waals surface area contributed by atoms with Gasteiger partial charge in [-0.25, -0.2) is 0 Å². The molecule has 0 saturated carbocycles. The first-order valence-corrected chi connectivity index (χ1v) is 7.99. The Morgan fingerprint density at radius 3 is 2.54 bits per heavy atom. The van der Waals surface area contributed by atoms with Gasteiger partial charge in [-0.2, -0.15) is 10.4 Å². The van der Waals surface area contributed by atoms with E-state index in [4.69, 9.17) is 32.7 Å². The zero-order valence-electron chi connectivity index (χ0n) is 13.9. The van der Waals surface area contributed by atoms with E-state index in [0.717, 1.165) is 0 Å². The van der Waals surface area contributed by atoms with Crippen molar-refractivity contribution in [1.29, 1.82) is 10.7 Å². The monoisotopic (exact) mass is 369 g/mol. The van der Waals surface area contributed by atoms with Gasteiger partial charge in [-0.3, -0.25) is 15.6 Å². The number of anilines is 1. The number of halogens is 1. The zero-order chi connectivity index (χ0) is 19.1. The molecule has 0 unspecified atom stereocenters. The number of nitrogens with two attached hydrogens (primary N) is 1. The summed E-state index contributed by atoms with van der Waals surface area (Å²) in [6.07, 6.45) is 0. The summed E-state index contributed by atoms with van der Waals surface area (Å²) >= 11 is 6.08. The smallest absolute Gasteiger partial charge is 0.201 e. The van der Waals surface area contributed by atoms with Crippen LogP contribution in [0.15, 0.2) is 47.6 Å². The van der Waals surface area contributed by atoms with Crippen LogP contribution in [0.25, 0.3) is 0 Å². The Morgan fingerprint density at radius 2 is 1.96 bits per heavy atom. The average Bonchev–Trinajstić information content (AvgIpc) is 2.63. The van der Waals surface area contributed by atoms with Gasteiger partial charge in [0.25, 0.3) is 0 Å². The summed E-state index contributed by atoms with van der Waals surface area (Å²) in [5, 5.41) is 20.1. The number of ether oxygens (including phenoxy) is 1. The Kier molecular flexibility index (Phi) is 6.31. The Labute approximate surface area is 155 Å². The molecule has 0 bridgehead atoms. The van der Waals surface area contributed by atoms with E-state index in [2.05, 4.69) is 10.5 Å². The van der Waals surface area contributed by atoms with E-state index in [0.29, 0.717) is 34.2 Å². The van der Waals surface area contributed by atoms with E-state index >= 15 is 0 Å². The van der Waals surface area contributed by atoms with Crippen molar-refractivity contribution >= 4 is 34.6 Å². The minimum Gasteiger partial charge on any atom is -0.494 e. The van der Waals surface area contributed by atoms with Crippen molar-refractivity contribution < 1.29 is 9.53 Å². The van der Waals surface area contributed by atoms with Gasteiger partial charge in [0.2, 0.25) is 5.71 Å². The lowest BCUT2D eigenvalue weighted by molar-refractivity contribution is 0.103. The molecule has 0 aromatic heterocycles. The van der Waals surface area contributed by atoms with Crippen LogP contribution in [0.3, 0.4) is 0 Å². The molecule has 0 aliphatic rings. The third kappa shape index (κ3) is 4.59. The fraction of sp³-hybridized carbons (Fsp3) is 0.111. The van der Waals surface area contributed by atoms with Gasteiger partial charge in [-0.15, -0.1) is 0 Å². The average molecular weight is 370 g/mol. The molecule has 0 saturated heterocycles. The van der Waals surface area contributed by atoms with Crippen molar-refractivity contribution in [2.75, 3.05) is 12.0 Å². The molecule has 26 heavy (non-hydrogen) atoms. The van der Waals surface area contributed by atoms with E-state index in [9.17, 15) is 4.79 Å². The quantitative estimate of drug-likeness (QED) is 0.299. The fourth-order valence-electron chi connectivity index (χ4n) is 2.05. The van der Waals surface area contributed by atoms with Gasteiger partial charge in [-0.1, -0.05) is 11.6 Å². The maximum absolute atomic E-state index is 12.6. The molecule has 4 N–H and O–H groups in total. The Bertz CT molecular complexity index is 901. The highest BCUT2D eigenvalue weighted by Gasteiger charge is 2.12. The van der Waals surface area contributed by atoms with Crippen LogP contribution in [0.5, 0.6) is 5.75 Å². The molecular weight excluding hydrogens is 354 g/mol. The Balaban J connectivity index is 2.26. The van der Waals surface area contributed by atoms with Crippen molar-refractivity contribution in [3.05, 3.63) is 58.6 Å². The molecule has 0 aliphatic heterocycles. The number of hydrazone groups is 1. The summed E-state index contributed by atoms with van der Waals surface area (Å²) in [5.41, 5.74) is 8.70. The minimum absolute atomic E-state index is 0.205. The van der Waals surface area contributed by atoms with Gasteiger partial charge in [0.1, 0.15) is 11.8 Å². The lowest BCUT2D eigenvalue weighted by atomic mass is 10.0. The summed E-state index contributed by atoms with van der Waals surface area (Å²) in [6, 6.07) is 13.1. The number of hydrogen-bond acceptors (Lipinski definition) is 6. The summed E-state index contributed by atoms with van der Waals surface area (Å²) in [7, 11) is 0.